The third kappa shape index (κ3) is 4.75. The molecule has 0 bridgehead atoms. The van der Waals surface area contributed by atoms with E-state index in [9.17, 15) is 9.59 Å². The van der Waals surface area contributed by atoms with Crippen molar-refractivity contribution in [1.82, 2.24) is 0 Å². The number of rotatable bonds is 7. The minimum absolute atomic E-state index is 0.0725. The van der Waals surface area contributed by atoms with Crippen LogP contribution in [0, 0.1) is 0 Å². The molecule has 31 heavy (non-hydrogen) atoms. The number of esters is 1. The van der Waals surface area contributed by atoms with Crippen LogP contribution in [0.4, 0.5) is 0 Å². The summed E-state index contributed by atoms with van der Waals surface area (Å²) < 4.78 is 21.4. The molecular weight excluding hydrogens is 396 g/mol. The minimum Gasteiger partial charge on any atom is -0.497 e. The summed E-state index contributed by atoms with van der Waals surface area (Å²) in [4.78, 5) is 24.1. The first kappa shape index (κ1) is 20.2. The highest BCUT2D eigenvalue weighted by atomic mass is 16.6. The van der Waals surface area contributed by atoms with Crippen LogP contribution in [0.2, 0.25) is 0 Å². The molecule has 0 amide bonds. The molecule has 0 N–H and O–H groups in total. The number of hydrogen-bond acceptors (Lipinski definition) is 6. The Hall–Kier alpha value is -4.06. The van der Waals surface area contributed by atoms with E-state index < -0.39 is 11.6 Å². The van der Waals surface area contributed by atoms with Gasteiger partial charge in [0, 0.05) is 28.6 Å². The van der Waals surface area contributed by atoms with Crippen molar-refractivity contribution in [2.45, 2.75) is 6.61 Å². The first-order chi connectivity index (χ1) is 15.1. The molecule has 0 aliphatic heterocycles. The quantitative estimate of drug-likeness (QED) is 0.324. The lowest BCUT2D eigenvalue weighted by Crippen LogP contribution is -2.15. The van der Waals surface area contributed by atoms with Crippen LogP contribution in [-0.4, -0.2) is 19.7 Å². The van der Waals surface area contributed by atoms with Gasteiger partial charge in [-0.15, -0.1) is 0 Å². The average molecular weight is 416 g/mol. The van der Waals surface area contributed by atoms with Crippen molar-refractivity contribution in [3.05, 3.63) is 94.8 Å². The zero-order valence-electron chi connectivity index (χ0n) is 16.9. The van der Waals surface area contributed by atoms with E-state index in [1.54, 1.807) is 24.3 Å². The number of fused-ring (bicyclic) bond motifs is 1. The number of carbonyl (C=O) groups is 1. The van der Waals surface area contributed by atoms with Gasteiger partial charge in [0.25, 0.3) is 0 Å². The lowest BCUT2D eigenvalue weighted by atomic mass is 10.1. The molecule has 0 saturated carbocycles. The first-order valence-electron chi connectivity index (χ1n) is 9.67. The smallest absolute Gasteiger partial charge is 0.344 e. The molecule has 156 valence electrons. The van der Waals surface area contributed by atoms with Gasteiger partial charge in [-0.25, -0.2) is 9.59 Å². The van der Waals surface area contributed by atoms with E-state index in [1.165, 1.54) is 13.2 Å². The number of methoxy groups -OCH3 is 1. The molecule has 0 spiro atoms. The molecule has 0 radical (unpaired) electrons. The summed E-state index contributed by atoms with van der Waals surface area (Å²) in [6.45, 7) is -0.325. The van der Waals surface area contributed by atoms with Gasteiger partial charge < -0.3 is 18.6 Å². The Labute approximate surface area is 178 Å². The predicted octanol–water partition coefficient (Wildman–Crippen LogP) is 4.59. The first-order valence-corrected chi connectivity index (χ1v) is 9.67. The van der Waals surface area contributed by atoms with E-state index in [2.05, 4.69) is 0 Å². The van der Waals surface area contributed by atoms with Crippen LogP contribution in [0.5, 0.6) is 11.5 Å². The molecule has 4 rings (SSSR count). The van der Waals surface area contributed by atoms with Gasteiger partial charge in [-0.1, -0.05) is 48.5 Å². The number of para-hydroxylation sites is 1. The van der Waals surface area contributed by atoms with E-state index in [0.717, 1.165) is 11.1 Å². The predicted molar refractivity (Wildman–Crippen MR) is 116 cm³/mol. The molecule has 1 aromatic heterocycles. The van der Waals surface area contributed by atoms with Crippen molar-refractivity contribution in [3.8, 4) is 22.6 Å². The van der Waals surface area contributed by atoms with Crippen LogP contribution in [0.1, 0.15) is 5.56 Å². The lowest BCUT2D eigenvalue weighted by Gasteiger charge is -2.12. The third-order valence-electron chi connectivity index (χ3n) is 4.74. The summed E-state index contributed by atoms with van der Waals surface area (Å²) in [6.07, 6.45) is 0. The largest absolute Gasteiger partial charge is 0.497 e. The van der Waals surface area contributed by atoms with Gasteiger partial charge in [-0.3, -0.25) is 0 Å². The van der Waals surface area contributed by atoms with Gasteiger partial charge in [-0.05, 0) is 23.8 Å². The maximum absolute atomic E-state index is 12.3. The van der Waals surface area contributed by atoms with Gasteiger partial charge in [0.05, 0.1) is 7.11 Å². The SMILES string of the molecule is COc1ccc2c(COC(=O)COc3ccccc3-c3ccccc3)cc(=O)oc2c1. The topological polar surface area (TPSA) is 75.0 Å². The third-order valence-corrected chi connectivity index (χ3v) is 4.74. The van der Waals surface area contributed by atoms with E-state index in [0.29, 0.717) is 28.0 Å². The molecule has 0 aliphatic rings. The van der Waals surface area contributed by atoms with Crippen molar-refractivity contribution in [1.29, 1.82) is 0 Å². The molecule has 0 unspecified atom stereocenters. The summed E-state index contributed by atoms with van der Waals surface area (Å²) in [5, 5.41) is 0.670. The second kappa shape index (κ2) is 9.17. The van der Waals surface area contributed by atoms with Gasteiger partial charge in [0.2, 0.25) is 0 Å². The number of benzene rings is 3. The highest BCUT2D eigenvalue weighted by Crippen LogP contribution is 2.29. The Morgan fingerprint density at radius 2 is 1.71 bits per heavy atom. The summed E-state index contributed by atoms with van der Waals surface area (Å²) in [5.74, 6) is 0.608. The Kier molecular flexibility index (Phi) is 5.98. The molecule has 0 fully saturated rings. The molecule has 1 heterocycles. The van der Waals surface area contributed by atoms with Gasteiger partial charge >= 0.3 is 11.6 Å². The Bertz CT molecular complexity index is 1260. The number of carbonyl (C=O) groups excluding carboxylic acids is 1. The van der Waals surface area contributed by atoms with Crippen LogP contribution in [0.15, 0.2) is 88.1 Å². The van der Waals surface area contributed by atoms with E-state index in [4.69, 9.17) is 18.6 Å². The number of hydrogen-bond donors (Lipinski definition) is 0. The maximum Gasteiger partial charge on any atom is 0.344 e. The molecule has 6 nitrogen and oxygen atoms in total. The van der Waals surface area contributed by atoms with Crippen LogP contribution in [0.3, 0.4) is 0 Å². The fourth-order valence-corrected chi connectivity index (χ4v) is 3.24. The lowest BCUT2D eigenvalue weighted by molar-refractivity contribution is -0.147. The fraction of sp³-hybridized carbons (Fsp3) is 0.120. The van der Waals surface area contributed by atoms with E-state index >= 15 is 0 Å². The normalized spacial score (nSPS) is 10.6. The highest BCUT2D eigenvalue weighted by molar-refractivity contribution is 5.82. The molecule has 6 heteroatoms. The Balaban J connectivity index is 1.44. The van der Waals surface area contributed by atoms with Crippen LogP contribution in [-0.2, 0) is 16.1 Å². The Morgan fingerprint density at radius 1 is 0.935 bits per heavy atom. The standard InChI is InChI=1S/C25H20O6/c1-28-19-11-12-21-18(13-24(26)31-23(21)14-19)15-30-25(27)16-29-22-10-6-5-9-20(22)17-7-3-2-4-8-17/h2-14H,15-16H2,1H3. The zero-order chi connectivity index (χ0) is 21.6. The second-order valence-corrected chi connectivity index (χ2v) is 6.76. The fourth-order valence-electron chi connectivity index (χ4n) is 3.24. The van der Waals surface area contributed by atoms with Crippen molar-refractivity contribution < 1.29 is 23.4 Å². The van der Waals surface area contributed by atoms with Gasteiger partial charge in [-0.2, -0.15) is 0 Å². The summed E-state index contributed by atoms with van der Waals surface area (Å²) in [6, 6.07) is 23.7. The molecule has 3 aromatic carbocycles. The zero-order valence-corrected chi connectivity index (χ0v) is 16.9. The van der Waals surface area contributed by atoms with Crippen molar-refractivity contribution in [3.63, 3.8) is 0 Å². The molecule has 0 aliphatic carbocycles. The maximum atomic E-state index is 12.3. The molecule has 0 saturated heterocycles. The van der Waals surface area contributed by atoms with Gasteiger partial charge in [0.15, 0.2) is 6.61 Å². The molecular formula is C25H20O6. The van der Waals surface area contributed by atoms with Gasteiger partial charge in [0.1, 0.15) is 23.7 Å². The summed E-state index contributed by atoms with van der Waals surface area (Å²) in [5.41, 5.74) is 2.26. The van der Waals surface area contributed by atoms with Crippen LogP contribution >= 0.6 is 0 Å². The van der Waals surface area contributed by atoms with Crippen molar-refractivity contribution >= 4 is 16.9 Å². The van der Waals surface area contributed by atoms with Crippen LogP contribution in [0.25, 0.3) is 22.1 Å². The van der Waals surface area contributed by atoms with Crippen molar-refractivity contribution in [2.75, 3.05) is 13.7 Å². The molecule has 0 atom stereocenters. The summed E-state index contributed by atoms with van der Waals surface area (Å²) in [7, 11) is 1.53. The minimum atomic E-state index is -0.544. The number of ether oxygens (including phenoxy) is 3. The average Bonchev–Trinajstić information content (AvgIpc) is 2.81. The van der Waals surface area contributed by atoms with Crippen molar-refractivity contribution in [2.24, 2.45) is 0 Å². The monoisotopic (exact) mass is 416 g/mol. The van der Waals surface area contributed by atoms with E-state index in [-0.39, 0.29) is 13.2 Å². The van der Waals surface area contributed by atoms with E-state index in [1.807, 2.05) is 48.5 Å². The van der Waals surface area contributed by atoms with Crippen LogP contribution < -0.4 is 15.1 Å². The molecule has 4 aromatic rings. The second-order valence-electron chi connectivity index (χ2n) is 6.76. The summed E-state index contributed by atoms with van der Waals surface area (Å²) >= 11 is 0. The highest BCUT2D eigenvalue weighted by Gasteiger charge is 2.12. The Morgan fingerprint density at radius 3 is 2.52 bits per heavy atom.